The fourth-order valence-electron chi connectivity index (χ4n) is 3.62. The number of nitro benzene ring substituents is 1. The van der Waals surface area contributed by atoms with Gasteiger partial charge in [0.25, 0.3) is 5.69 Å². The van der Waals surface area contributed by atoms with Gasteiger partial charge in [0.05, 0.1) is 26.1 Å². The summed E-state index contributed by atoms with van der Waals surface area (Å²) in [6.45, 7) is 3.76. The summed E-state index contributed by atoms with van der Waals surface area (Å²) in [7, 11) is -3.89. The number of sulfonamides is 1. The quantitative estimate of drug-likeness (QED) is 0.465. The number of benzene rings is 2. The molecule has 0 N–H and O–H groups in total. The minimum absolute atomic E-state index is 0.00668. The number of hydrogen-bond acceptors (Lipinski definition) is 6. The first-order valence-electron chi connectivity index (χ1n) is 8.92. The fraction of sp³-hybridized carbons (Fsp3) is 0.316. The zero-order valence-electron chi connectivity index (χ0n) is 15.5. The van der Waals surface area contributed by atoms with Crippen LogP contribution in [0.15, 0.2) is 41.3 Å². The smallest absolute Gasteiger partial charge is 0.258 e. The molecule has 1 saturated heterocycles. The van der Waals surface area contributed by atoms with E-state index in [2.05, 4.69) is 4.98 Å². The molecule has 2 heterocycles. The average molecular weight is 418 g/mol. The van der Waals surface area contributed by atoms with Gasteiger partial charge >= 0.3 is 0 Å². The molecule has 146 valence electrons. The molecule has 1 aliphatic rings. The number of hydrogen-bond donors (Lipinski definition) is 0. The molecular formula is C19H19N3O4S2. The van der Waals surface area contributed by atoms with Gasteiger partial charge in [-0.2, -0.15) is 4.31 Å². The number of non-ortho nitro benzene ring substituents is 1. The third kappa shape index (κ3) is 3.09. The second-order valence-corrected chi connectivity index (χ2v) is 9.86. The van der Waals surface area contributed by atoms with Gasteiger partial charge in [-0.1, -0.05) is 12.1 Å². The van der Waals surface area contributed by atoms with Crippen LogP contribution in [0.2, 0.25) is 0 Å². The number of nitro groups is 1. The van der Waals surface area contributed by atoms with Crippen LogP contribution in [0.4, 0.5) is 5.69 Å². The molecule has 1 aliphatic heterocycles. The van der Waals surface area contributed by atoms with Crippen molar-refractivity contribution in [1.29, 1.82) is 0 Å². The summed E-state index contributed by atoms with van der Waals surface area (Å²) in [5.41, 5.74) is 1.77. The molecule has 0 radical (unpaired) electrons. The molecule has 0 unspecified atom stereocenters. The second kappa shape index (κ2) is 6.91. The highest BCUT2D eigenvalue weighted by Gasteiger charge is 2.39. The standard InChI is InChI=1S/C19H19N3O4S2/c1-12-10-14(22(23)24)11-18(13(12)2)28(25,26)21-9-5-7-16(21)19-20-15-6-3-4-8-17(15)27-19/h3-4,6,8,10-11,16H,5,7,9H2,1-2H3/t16-/m0/s1. The van der Waals surface area contributed by atoms with Crippen molar-refractivity contribution < 1.29 is 13.3 Å². The lowest BCUT2D eigenvalue weighted by Crippen LogP contribution is -2.31. The van der Waals surface area contributed by atoms with Gasteiger partial charge < -0.3 is 0 Å². The van der Waals surface area contributed by atoms with Crippen molar-refractivity contribution in [2.24, 2.45) is 0 Å². The Bertz CT molecular complexity index is 1150. The summed E-state index contributed by atoms with van der Waals surface area (Å²) in [6, 6.07) is 9.96. The van der Waals surface area contributed by atoms with Gasteiger partial charge in [0.2, 0.25) is 10.0 Å². The molecule has 3 aromatic rings. The molecule has 0 spiro atoms. The van der Waals surface area contributed by atoms with Crippen molar-refractivity contribution in [2.45, 2.75) is 37.6 Å². The minimum Gasteiger partial charge on any atom is -0.258 e. The third-order valence-corrected chi connectivity index (χ3v) is 8.37. The Balaban J connectivity index is 1.79. The van der Waals surface area contributed by atoms with Crippen LogP contribution in [-0.4, -0.2) is 29.2 Å². The number of para-hydroxylation sites is 1. The summed E-state index contributed by atoms with van der Waals surface area (Å²) in [6.07, 6.45) is 1.42. The monoisotopic (exact) mass is 417 g/mol. The van der Waals surface area contributed by atoms with Crippen molar-refractivity contribution in [1.82, 2.24) is 9.29 Å². The van der Waals surface area contributed by atoms with Gasteiger partial charge in [-0.25, -0.2) is 13.4 Å². The van der Waals surface area contributed by atoms with E-state index in [1.54, 1.807) is 13.8 Å². The van der Waals surface area contributed by atoms with Crippen LogP contribution in [0.5, 0.6) is 0 Å². The molecule has 2 aromatic carbocycles. The van der Waals surface area contributed by atoms with E-state index >= 15 is 0 Å². The van der Waals surface area contributed by atoms with E-state index in [0.29, 0.717) is 24.1 Å². The summed E-state index contributed by atoms with van der Waals surface area (Å²) < 4.78 is 29.4. The van der Waals surface area contributed by atoms with Gasteiger partial charge in [-0.05, 0) is 49.9 Å². The Hall–Kier alpha value is -2.36. The van der Waals surface area contributed by atoms with Crippen LogP contribution < -0.4 is 0 Å². The maximum atomic E-state index is 13.5. The Kier molecular flexibility index (Phi) is 4.68. The predicted octanol–water partition coefficient (Wildman–Crippen LogP) is 4.35. The zero-order valence-corrected chi connectivity index (χ0v) is 17.1. The summed E-state index contributed by atoms with van der Waals surface area (Å²) in [5.74, 6) is 0. The lowest BCUT2D eigenvalue weighted by Gasteiger charge is -2.23. The highest BCUT2D eigenvalue weighted by atomic mass is 32.2. The zero-order chi connectivity index (χ0) is 20.1. The van der Waals surface area contributed by atoms with E-state index in [-0.39, 0.29) is 16.6 Å². The lowest BCUT2D eigenvalue weighted by atomic mass is 10.1. The van der Waals surface area contributed by atoms with E-state index in [0.717, 1.165) is 21.6 Å². The van der Waals surface area contributed by atoms with E-state index in [1.807, 2.05) is 24.3 Å². The molecular weight excluding hydrogens is 398 g/mol. The maximum Gasteiger partial charge on any atom is 0.271 e. The Morgan fingerprint density at radius 3 is 2.71 bits per heavy atom. The van der Waals surface area contributed by atoms with Gasteiger partial charge in [-0.3, -0.25) is 10.1 Å². The lowest BCUT2D eigenvalue weighted by molar-refractivity contribution is -0.385. The van der Waals surface area contributed by atoms with Gasteiger partial charge in [0.15, 0.2) is 0 Å². The minimum atomic E-state index is -3.89. The van der Waals surface area contributed by atoms with Gasteiger partial charge in [-0.15, -0.1) is 11.3 Å². The second-order valence-electron chi connectivity index (χ2n) is 6.94. The SMILES string of the molecule is Cc1cc([N+](=O)[O-])cc(S(=O)(=O)N2CCC[C@H]2c2nc3ccccc3s2)c1C. The Morgan fingerprint density at radius 1 is 1.25 bits per heavy atom. The van der Waals surface area contributed by atoms with Crippen LogP contribution in [0.1, 0.15) is 35.0 Å². The largest absolute Gasteiger partial charge is 0.271 e. The van der Waals surface area contributed by atoms with Gasteiger partial charge in [0, 0.05) is 18.7 Å². The molecule has 28 heavy (non-hydrogen) atoms. The molecule has 1 atom stereocenters. The summed E-state index contributed by atoms with van der Waals surface area (Å²) >= 11 is 1.50. The number of fused-ring (bicyclic) bond motifs is 1. The molecule has 7 nitrogen and oxygen atoms in total. The number of nitrogens with zero attached hydrogens (tertiary/aromatic N) is 3. The van der Waals surface area contributed by atoms with Crippen LogP contribution >= 0.6 is 11.3 Å². The molecule has 4 rings (SSSR count). The third-order valence-electron chi connectivity index (χ3n) is 5.20. The number of aromatic nitrogens is 1. The molecule has 1 aromatic heterocycles. The van der Waals surface area contributed by atoms with E-state index in [1.165, 1.54) is 27.8 Å². The van der Waals surface area contributed by atoms with E-state index < -0.39 is 14.9 Å². The van der Waals surface area contributed by atoms with Crippen molar-refractivity contribution in [3.63, 3.8) is 0 Å². The maximum absolute atomic E-state index is 13.5. The molecule has 0 saturated carbocycles. The van der Waals surface area contributed by atoms with Gasteiger partial charge in [0.1, 0.15) is 5.01 Å². The topological polar surface area (TPSA) is 93.4 Å². The van der Waals surface area contributed by atoms with Crippen LogP contribution in [-0.2, 0) is 10.0 Å². The predicted molar refractivity (Wildman–Crippen MR) is 108 cm³/mol. The summed E-state index contributed by atoms with van der Waals surface area (Å²) in [4.78, 5) is 15.3. The van der Waals surface area contributed by atoms with Crippen LogP contribution in [0.3, 0.4) is 0 Å². The normalized spacial score (nSPS) is 18.0. The van der Waals surface area contributed by atoms with Crippen molar-refractivity contribution in [3.8, 4) is 0 Å². The number of rotatable bonds is 4. The average Bonchev–Trinajstić information content (AvgIpc) is 3.30. The first kappa shape index (κ1) is 19.0. The first-order chi connectivity index (χ1) is 13.3. The van der Waals surface area contributed by atoms with Crippen LogP contribution in [0, 0.1) is 24.0 Å². The van der Waals surface area contributed by atoms with E-state index in [4.69, 9.17) is 0 Å². The number of thiazole rings is 1. The van der Waals surface area contributed by atoms with Crippen molar-refractivity contribution >= 4 is 37.3 Å². The highest BCUT2D eigenvalue weighted by Crippen LogP contribution is 2.40. The Morgan fingerprint density at radius 2 is 2.00 bits per heavy atom. The molecule has 1 fully saturated rings. The molecule has 0 amide bonds. The molecule has 0 aliphatic carbocycles. The Labute approximate surface area is 166 Å². The molecule has 9 heteroatoms. The fourth-order valence-corrected chi connectivity index (χ4v) is 6.78. The van der Waals surface area contributed by atoms with E-state index in [9.17, 15) is 18.5 Å². The number of aryl methyl sites for hydroxylation is 1. The molecule has 0 bridgehead atoms. The van der Waals surface area contributed by atoms with Crippen LogP contribution in [0.25, 0.3) is 10.2 Å². The van der Waals surface area contributed by atoms with Crippen molar-refractivity contribution in [3.05, 3.63) is 62.6 Å². The first-order valence-corrected chi connectivity index (χ1v) is 11.2. The highest BCUT2D eigenvalue weighted by molar-refractivity contribution is 7.89. The van der Waals surface area contributed by atoms with Crippen molar-refractivity contribution in [2.75, 3.05) is 6.54 Å². The summed E-state index contributed by atoms with van der Waals surface area (Å²) in [5, 5.41) is 12.0.